The average molecular weight is 602 g/mol. The summed E-state index contributed by atoms with van der Waals surface area (Å²) in [6.07, 6.45) is 7.07. The first kappa shape index (κ1) is 30.6. The molecule has 2 aromatic rings. The topological polar surface area (TPSA) is 116 Å². The molecule has 39 heavy (non-hydrogen) atoms. The minimum absolute atomic E-state index is 0.178. The third-order valence-electron chi connectivity index (χ3n) is 6.54. The van der Waals surface area contributed by atoms with Crippen LogP contribution >= 0.6 is 15.9 Å². The Morgan fingerprint density at radius 2 is 1.97 bits per heavy atom. The smallest absolute Gasteiger partial charge is 0.253 e. The highest BCUT2D eigenvalue weighted by molar-refractivity contribution is 9.10. The summed E-state index contributed by atoms with van der Waals surface area (Å²) >= 11 is 3.55. The normalized spacial score (nSPS) is 15.0. The number of halogens is 1. The van der Waals surface area contributed by atoms with E-state index in [0.29, 0.717) is 45.5 Å². The highest BCUT2D eigenvalue weighted by atomic mass is 79.9. The zero-order valence-electron chi connectivity index (χ0n) is 23.9. The Morgan fingerprint density at radius 1 is 1.23 bits per heavy atom. The number of ether oxygens (including phenoxy) is 1. The molecule has 2 aromatic heterocycles. The molecule has 10 nitrogen and oxygen atoms in total. The van der Waals surface area contributed by atoms with Gasteiger partial charge in [-0.15, -0.1) is 0 Å². The van der Waals surface area contributed by atoms with Crippen LogP contribution in [-0.2, 0) is 0 Å². The fraction of sp³-hybridized carbons (Fsp3) is 0.536. The molecule has 0 aliphatic carbocycles. The van der Waals surface area contributed by atoms with Gasteiger partial charge in [-0.05, 0) is 76.2 Å². The molecule has 3 N–H and O–H groups in total. The van der Waals surface area contributed by atoms with Crippen LogP contribution < -0.4 is 20.7 Å². The first-order valence-electron chi connectivity index (χ1n) is 13.5. The number of nitrogens with zero attached hydrogens (tertiary/aromatic N) is 5. The van der Waals surface area contributed by atoms with Crippen LogP contribution in [0.2, 0.25) is 0 Å². The van der Waals surface area contributed by atoms with Crippen molar-refractivity contribution >= 4 is 39.3 Å². The lowest BCUT2D eigenvalue weighted by Gasteiger charge is -2.25. The molecule has 0 atom stereocenters. The minimum Gasteiger partial charge on any atom is -0.454 e. The van der Waals surface area contributed by atoms with Gasteiger partial charge in [-0.2, -0.15) is 0 Å². The lowest BCUT2D eigenvalue weighted by atomic mass is 9.96. The summed E-state index contributed by atoms with van der Waals surface area (Å²) in [6, 6.07) is 1.79. The standard InChI is InChI=1S/C28H41BrN8O2/c1-7-8-24(36-27(30-4)20-9-11-31-12-10-20)35-25-15-23(22(29)17-34-25)39-26-18(2)21(16-33-19(26)3)28(38)32-13-14-37(5)6/h15-17,20,31H,7-14H2,1-6H3,(H,32,38)(H,30,34,35,36). The van der Waals surface area contributed by atoms with Gasteiger partial charge < -0.3 is 25.6 Å². The molecule has 1 amide bonds. The van der Waals surface area contributed by atoms with Gasteiger partial charge in [0.25, 0.3) is 5.91 Å². The molecular weight excluding hydrogens is 560 g/mol. The summed E-state index contributed by atoms with van der Waals surface area (Å²) in [4.78, 5) is 33.1. The molecule has 3 rings (SSSR count). The molecule has 0 radical (unpaired) electrons. The predicted octanol–water partition coefficient (Wildman–Crippen LogP) is 4.39. The van der Waals surface area contributed by atoms with E-state index in [1.807, 2.05) is 39.9 Å². The predicted molar refractivity (Wildman–Crippen MR) is 161 cm³/mol. The SMILES string of the molecule is CCCC(=Nc1cc(Oc2c(C)ncc(C(=O)NCCN(C)C)c2C)c(Br)cn1)NC(=NC)C1CCNCC1. The monoisotopic (exact) mass is 600 g/mol. The molecule has 212 valence electrons. The number of aryl methyl sites for hydroxylation is 1. The molecule has 0 unspecified atom stereocenters. The molecule has 0 bridgehead atoms. The molecule has 3 heterocycles. The maximum absolute atomic E-state index is 12.8. The Kier molecular flexibility index (Phi) is 11.8. The van der Waals surface area contributed by atoms with Crippen LogP contribution in [-0.4, -0.2) is 79.8 Å². The maximum atomic E-state index is 12.8. The van der Waals surface area contributed by atoms with Crippen molar-refractivity contribution in [3.63, 3.8) is 0 Å². The lowest BCUT2D eigenvalue weighted by Crippen LogP contribution is -2.40. The van der Waals surface area contributed by atoms with Crippen molar-refractivity contribution in [2.75, 3.05) is 47.3 Å². The number of hydrogen-bond donors (Lipinski definition) is 3. The van der Waals surface area contributed by atoms with Crippen molar-refractivity contribution in [2.45, 2.75) is 46.5 Å². The first-order valence-corrected chi connectivity index (χ1v) is 14.3. The van der Waals surface area contributed by atoms with Gasteiger partial charge in [0.15, 0.2) is 11.6 Å². The fourth-order valence-corrected chi connectivity index (χ4v) is 4.64. The summed E-state index contributed by atoms with van der Waals surface area (Å²) < 4.78 is 7.00. The Bertz CT molecular complexity index is 1190. The van der Waals surface area contributed by atoms with Crippen LogP contribution in [0.4, 0.5) is 5.82 Å². The summed E-state index contributed by atoms with van der Waals surface area (Å²) in [5, 5.41) is 9.84. The molecule has 0 aromatic carbocycles. The number of likely N-dealkylation sites (N-methyl/N-ethyl adjacent to an activating group) is 1. The van der Waals surface area contributed by atoms with Crippen LogP contribution in [0.1, 0.15) is 54.2 Å². The number of pyridine rings is 2. The number of aromatic nitrogens is 2. The van der Waals surface area contributed by atoms with Crippen LogP contribution in [0.25, 0.3) is 0 Å². The first-order chi connectivity index (χ1) is 18.7. The summed E-state index contributed by atoms with van der Waals surface area (Å²) in [7, 11) is 5.76. The van der Waals surface area contributed by atoms with E-state index in [1.165, 1.54) is 0 Å². The number of rotatable bonds is 10. The molecule has 1 aliphatic rings. The van der Waals surface area contributed by atoms with Gasteiger partial charge in [0.2, 0.25) is 0 Å². The van der Waals surface area contributed by atoms with E-state index >= 15 is 0 Å². The number of piperidine rings is 1. The van der Waals surface area contributed by atoms with Crippen LogP contribution in [0, 0.1) is 19.8 Å². The van der Waals surface area contributed by atoms with Crippen LogP contribution in [0.5, 0.6) is 11.5 Å². The van der Waals surface area contributed by atoms with Gasteiger partial charge >= 0.3 is 0 Å². The molecule has 0 saturated carbocycles. The lowest BCUT2D eigenvalue weighted by molar-refractivity contribution is 0.0949. The van der Waals surface area contributed by atoms with Crippen LogP contribution in [0.15, 0.2) is 32.9 Å². The van der Waals surface area contributed by atoms with Crippen molar-refractivity contribution in [1.29, 1.82) is 0 Å². The van der Waals surface area contributed by atoms with Crippen molar-refractivity contribution < 1.29 is 9.53 Å². The van der Waals surface area contributed by atoms with Crippen molar-refractivity contribution in [2.24, 2.45) is 15.9 Å². The number of hydrogen-bond acceptors (Lipinski definition) is 8. The number of carbonyl (C=O) groups excluding carboxylic acids is 1. The van der Waals surface area contributed by atoms with E-state index in [1.54, 1.807) is 18.5 Å². The van der Waals surface area contributed by atoms with Gasteiger partial charge in [-0.1, -0.05) is 6.92 Å². The van der Waals surface area contributed by atoms with Gasteiger partial charge in [-0.3, -0.25) is 14.8 Å². The van der Waals surface area contributed by atoms with E-state index in [-0.39, 0.29) is 5.91 Å². The highest BCUT2D eigenvalue weighted by Crippen LogP contribution is 2.35. The number of amides is 1. The molecule has 11 heteroatoms. The van der Waals surface area contributed by atoms with Crippen molar-refractivity contribution in [3.05, 3.63) is 39.8 Å². The quantitative estimate of drug-likeness (QED) is 0.273. The Labute approximate surface area is 240 Å². The molecule has 1 fully saturated rings. The Morgan fingerprint density at radius 3 is 2.64 bits per heavy atom. The second-order valence-corrected chi connectivity index (χ2v) is 10.8. The third-order valence-corrected chi connectivity index (χ3v) is 7.14. The molecule has 1 aliphatic heterocycles. The van der Waals surface area contributed by atoms with E-state index < -0.39 is 0 Å². The Balaban J connectivity index is 1.84. The number of nitrogens with one attached hydrogen (secondary N) is 3. The van der Waals surface area contributed by atoms with E-state index in [0.717, 1.165) is 62.6 Å². The maximum Gasteiger partial charge on any atom is 0.253 e. The van der Waals surface area contributed by atoms with Crippen LogP contribution in [0.3, 0.4) is 0 Å². The number of aliphatic imine (C=N–C) groups is 2. The molecule has 1 saturated heterocycles. The minimum atomic E-state index is -0.178. The van der Waals surface area contributed by atoms with Crippen molar-refractivity contribution in [1.82, 2.24) is 30.8 Å². The highest BCUT2D eigenvalue weighted by Gasteiger charge is 2.21. The van der Waals surface area contributed by atoms with Gasteiger partial charge in [-0.25, -0.2) is 9.98 Å². The van der Waals surface area contributed by atoms with Gasteiger partial charge in [0.1, 0.15) is 17.4 Å². The summed E-state index contributed by atoms with van der Waals surface area (Å²) in [5.41, 5.74) is 1.89. The van der Waals surface area contributed by atoms with E-state index in [9.17, 15) is 4.79 Å². The summed E-state index contributed by atoms with van der Waals surface area (Å²) in [6.45, 7) is 9.13. The molecule has 0 spiro atoms. The van der Waals surface area contributed by atoms with Crippen molar-refractivity contribution in [3.8, 4) is 11.5 Å². The number of amidine groups is 2. The average Bonchev–Trinajstić information content (AvgIpc) is 2.91. The second kappa shape index (κ2) is 15.0. The zero-order valence-corrected chi connectivity index (χ0v) is 25.5. The van der Waals surface area contributed by atoms with Gasteiger partial charge in [0.05, 0.1) is 15.7 Å². The third kappa shape index (κ3) is 8.81. The number of carbonyl (C=O) groups is 1. The van der Waals surface area contributed by atoms with Gasteiger partial charge in [0, 0.05) is 56.5 Å². The summed E-state index contributed by atoms with van der Waals surface area (Å²) in [5.74, 6) is 3.60. The van der Waals surface area contributed by atoms with E-state index in [4.69, 9.17) is 9.73 Å². The second-order valence-electron chi connectivity index (χ2n) is 9.91. The largest absolute Gasteiger partial charge is 0.454 e. The fourth-order valence-electron chi connectivity index (χ4n) is 4.34. The Hall–Kier alpha value is -2.89. The van der Waals surface area contributed by atoms with E-state index in [2.05, 4.69) is 53.8 Å². The zero-order chi connectivity index (χ0) is 28.4. The molecular formula is C28H41BrN8O2.